The van der Waals surface area contributed by atoms with E-state index >= 15 is 0 Å². The number of hydrogen-bond acceptors (Lipinski definition) is 3. The number of nitrogens with zero attached hydrogens (tertiary/aromatic N) is 3. The van der Waals surface area contributed by atoms with E-state index in [1.807, 2.05) is 20.8 Å². The second kappa shape index (κ2) is 5.10. The summed E-state index contributed by atoms with van der Waals surface area (Å²) in [4.78, 5) is 26.9. The topological polar surface area (TPSA) is 83.0 Å². The van der Waals surface area contributed by atoms with Gasteiger partial charge in [0.05, 0.1) is 0 Å². The smallest absolute Gasteiger partial charge is 0.410 e. The van der Waals surface area contributed by atoms with Crippen LogP contribution in [0.5, 0.6) is 0 Å². The molecule has 0 saturated carbocycles. The fourth-order valence-electron chi connectivity index (χ4n) is 1.58. The summed E-state index contributed by atoms with van der Waals surface area (Å²) in [5.41, 5.74) is 7.67. The molecule has 1 amide bonds. The molecule has 0 aromatic rings. The SMILES string of the molecule is CC(C)(C)OC(=O)N1CC(CC(=O)C=[N+]=[N-])C1. The van der Waals surface area contributed by atoms with Gasteiger partial charge in [0.1, 0.15) is 5.60 Å². The molecule has 1 rings (SSSR count). The van der Waals surface area contributed by atoms with E-state index < -0.39 is 5.60 Å². The fourth-order valence-corrected chi connectivity index (χ4v) is 1.58. The first kappa shape index (κ1) is 13.4. The van der Waals surface area contributed by atoms with Crippen LogP contribution in [0.4, 0.5) is 4.79 Å². The van der Waals surface area contributed by atoms with Gasteiger partial charge < -0.3 is 15.2 Å². The molecule has 17 heavy (non-hydrogen) atoms. The van der Waals surface area contributed by atoms with E-state index in [1.165, 1.54) is 0 Å². The maximum atomic E-state index is 11.6. The molecule has 94 valence electrons. The third-order valence-corrected chi connectivity index (χ3v) is 2.30. The lowest BCUT2D eigenvalue weighted by molar-refractivity contribution is -0.118. The number of hydrogen-bond donors (Lipinski definition) is 0. The molecule has 1 saturated heterocycles. The van der Waals surface area contributed by atoms with E-state index in [0.29, 0.717) is 19.5 Å². The van der Waals surface area contributed by atoms with Crippen LogP contribution in [-0.4, -0.2) is 46.5 Å². The molecule has 0 aromatic heterocycles. The molecule has 0 bridgehead atoms. The van der Waals surface area contributed by atoms with Crippen LogP contribution in [0.3, 0.4) is 0 Å². The maximum absolute atomic E-state index is 11.6. The number of Topliss-reactive ketones (excluding diaryl/α,β-unsaturated/α-hetero) is 1. The molecule has 0 aliphatic carbocycles. The summed E-state index contributed by atoms with van der Waals surface area (Å²) in [6.07, 6.45) is 0.830. The first-order valence-electron chi connectivity index (χ1n) is 5.50. The highest BCUT2D eigenvalue weighted by Crippen LogP contribution is 2.21. The minimum absolute atomic E-state index is 0.132. The molecule has 0 N–H and O–H groups in total. The molecule has 0 unspecified atom stereocenters. The number of carbonyl (C=O) groups is 2. The number of amides is 1. The Hall–Kier alpha value is -1.68. The number of carbonyl (C=O) groups excluding carboxylic acids is 2. The highest BCUT2D eigenvalue weighted by atomic mass is 16.6. The second-order valence-corrected chi connectivity index (χ2v) is 5.17. The molecule has 1 aliphatic rings. The van der Waals surface area contributed by atoms with Crippen LogP contribution < -0.4 is 0 Å². The summed E-state index contributed by atoms with van der Waals surface area (Å²) in [6, 6.07) is 0. The van der Waals surface area contributed by atoms with Crippen molar-refractivity contribution >= 4 is 18.1 Å². The minimum Gasteiger partial charge on any atom is -0.444 e. The van der Waals surface area contributed by atoms with Gasteiger partial charge in [-0.1, -0.05) is 0 Å². The predicted octanol–water partition coefficient (Wildman–Crippen LogP) is 1.11. The van der Waals surface area contributed by atoms with Crippen LogP contribution in [-0.2, 0) is 9.53 Å². The van der Waals surface area contributed by atoms with Gasteiger partial charge in [-0.15, -0.1) is 0 Å². The minimum atomic E-state index is -0.498. The highest BCUT2D eigenvalue weighted by molar-refractivity contribution is 6.25. The Morgan fingerprint density at radius 2 is 2.06 bits per heavy atom. The predicted molar refractivity (Wildman–Crippen MR) is 60.6 cm³/mol. The summed E-state index contributed by atoms with van der Waals surface area (Å²) in [7, 11) is 0. The number of ketones is 1. The van der Waals surface area contributed by atoms with Crippen molar-refractivity contribution in [2.45, 2.75) is 32.8 Å². The quantitative estimate of drug-likeness (QED) is 0.420. The van der Waals surface area contributed by atoms with Crippen molar-refractivity contribution in [3.8, 4) is 0 Å². The molecule has 0 atom stereocenters. The standard InChI is InChI=1S/C11H17N3O3/c1-11(2,3)17-10(16)14-6-8(7-14)4-9(15)5-13-12/h5,8H,4,6-7H2,1-3H3. The van der Waals surface area contributed by atoms with Gasteiger partial charge >= 0.3 is 12.3 Å². The maximum Gasteiger partial charge on any atom is 0.410 e. The van der Waals surface area contributed by atoms with Gasteiger partial charge in [-0.2, -0.15) is 4.79 Å². The third-order valence-electron chi connectivity index (χ3n) is 2.30. The average Bonchev–Trinajstić information content (AvgIpc) is 2.07. The molecule has 1 heterocycles. The Kier molecular flexibility index (Phi) is 4.02. The van der Waals surface area contributed by atoms with Crippen molar-refractivity contribution in [2.24, 2.45) is 5.92 Å². The summed E-state index contributed by atoms with van der Waals surface area (Å²) in [5.74, 6) is -0.102. The Morgan fingerprint density at radius 3 is 2.53 bits per heavy atom. The molecule has 0 radical (unpaired) electrons. The monoisotopic (exact) mass is 239 g/mol. The lowest BCUT2D eigenvalue weighted by atomic mass is 9.95. The summed E-state index contributed by atoms with van der Waals surface area (Å²) >= 11 is 0. The summed E-state index contributed by atoms with van der Waals surface area (Å²) < 4.78 is 5.18. The highest BCUT2D eigenvalue weighted by Gasteiger charge is 2.34. The Balaban J connectivity index is 2.30. The normalized spacial score (nSPS) is 15.8. The molecular weight excluding hydrogens is 222 g/mol. The van der Waals surface area contributed by atoms with Crippen molar-refractivity contribution in [3.05, 3.63) is 5.53 Å². The summed E-state index contributed by atoms with van der Waals surface area (Å²) in [5, 5.41) is 0. The van der Waals surface area contributed by atoms with Gasteiger partial charge in [-0.25, -0.2) is 4.79 Å². The van der Waals surface area contributed by atoms with Gasteiger partial charge in [-0.3, -0.25) is 4.79 Å². The third kappa shape index (κ3) is 4.36. The zero-order chi connectivity index (χ0) is 13.1. The molecule has 6 heteroatoms. The second-order valence-electron chi connectivity index (χ2n) is 5.17. The van der Waals surface area contributed by atoms with E-state index in [2.05, 4.69) is 4.79 Å². The van der Waals surface area contributed by atoms with Crippen molar-refractivity contribution in [1.82, 2.24) is 4.90 Å². The van der Waals surface area contributed by atoms with Crippen LogP contribution in [0.25, 0.3) is 5.53 Å². The lowest BCUT2D eigenvalue weighted by Gasteiger charge is -2.39. The average molecular weight is 239 g/mol. The van der Waals surface area contributed by atoms with Gasteiger partial charge in [0.2, 0.25) is 5.78 Å². The Morgan fingerprint density at radius 1 is 1.47 bits per heavy atom. The van der Waals surface area contributed by atoms with E-state index in [0.717, 1.165) is 6.21 Å². The van der Waals surface area contributed by atoms with Crippen LogP contribution in [0.1, 0.15) is 27.2 Å². The van der Waals surface area contributed by atoms with E-state index in [9.17, 15) is 9.59 Å². The first-order valence-corrected chi connectivity index (χ1v) is 5.50. The van der Waals surface area contributed by atoms with Crippen LogP contribution in [0.2, 0.25) is 0 Å². The Bertz CT molecular complexity index is 361. The number of likely N-dealkylation sites (tertiary alicyclic amines) is 1. The van der Waals surface area contributed by atoms with E-state index in [1.54, 1.807) is 4.90 Å². The van der Waals surface area contributed by atoms with Gasteiger partial charge in [0.25, 0.3) is 0 Å². The number of ether oxygens (including phenoxy) is 1. The molecule has 0 aromatic carbocycles. The zero-order valence-corrected chi connectivity index (χ0v) is 10.3. The number of rotatable bonds is 3. The van der Waals surface area contributed by atoms with E-state index in [-0.39, 0.29) is 17.8 Å². The summed E-state index contributed by atoms with van der Waals surface area (Å²) in [6.45, 7) is 6.45. The van der Waals surface area contributed by atoms with Crippen molar-refractivity contribution in [1.29, 1.82) is 0 Å². The molecule has 1 fully saturated rings. The molecule has 6 nitrogen and oxygen atoms in total. The van der Waals surface area contributed by atoms with Crippen LogP contribution >= 0.6 is 0 Å². The van der Waals surface area contributed by atoms with Gasteiger partial charge in [-0.05, 0) is 20.8 Å². The van der Waals surface area contributed by atoms with Crippen molar-refractivity contribution in [3.63, 3.8) is 0 Å². The van der Waals surface area contributed by atoms with E-state index in [4.69, 9.17) is 10.3 Å². The Labute approximate surface area is 100 Å². The largest absolute Gasteiger partial charge is 0.444 e. The van der Waals surface area contributed by atoms with Crippen LogP contribution in [0, 0.1) is 5.92 Å². The lowest BCUT2D eigenvalue weighted by Crippen LogP contribution is -2.52. The molecule has 1 aliphatic heterocycles. The molecular formula is C11H17N3O3. The van der Waals surface area contributed by atoms with Gasteiger partial charge in [0.15, 0.2) is 0 Å². The van der Waals surface area contributed by atoms with Crippen LogP contribution in [0.15, 0.2) is 0 Å². The zero-order valence-electron chi connectivity index (χ0n) is 10.3. The van der Waals surface area contributed by atoms with Crippen molar-refractivity contribution in [2.75, 3.05) is 13.1 Å². The first-order chi connectivity index (χ1) is 7.81. The fraction of sp³-hybridized carbons (Fsp3) is 0.727. The van der Waals surface area contributed by atoms with Gasteiger partial charge in [0, 0.05) is 25.4 Å². The molecule has 0 spiro atoms. The van der Waals surface area contributed by atoms with Crippen molar-refractivity contribution < 1.29 is 19.1 Å².